The second-order valence-corrected chi connectivity index (χ2v) is 5.39. The Kier molecular flexibility index (Phi) is 4.61. The van der Waals surface area contributed by atoms with Gasteiger partial charge >= 0.3 is 6.16 Å². The summed E-state index contributed by atoms with van der Waals surface area (Å²) in [6, 6.07) is 19.0. The molecule has 3 aromatic rings. The first kappa shape index (κ1) is 15.8. The SMILES string of the molecule is Cc1nn(-c2ccccc2)c(OC(=O)OCc2ccccc2)c1C. The quantitative estimate of drug-likeness (QED) is 0.675. The number of carbonyl (C=O) groups is 1. The van der Waals surface area contributed by atoms with Gasteiger partial charge in [-0.25, -0.2) is 9.48 Å². The van der Waals surface area contributed by atoms with Crippen molar-refractivity contribution in [3.8, 4) is 11.6 Å². The fraction of sp³-hybridized carbons (Fsp3) is 0.158. The van der Waals surface area contributed by atoms with Crippen LogP contribution in [0.2, 0.25) is 0 Å². The van der Waals surface area contributed by atoms with Crippen LogP contribution in [0.5, 0.6) is 5.88 Å². The lowest BCUT2D eigenvalue weighted by Gasteiger charge is -2.09. The maximum absolute atomic E-state index is 12.0. The van der Waals surface area contributed by atoms with Crippen LogP contribution in [0, 0.1) is 13.8 Å². The number of nitrogens with zero attached hydrogens (tertiary/aromatic N) is 2. The molecule has 24 heavy (non-hydrogen) atoms. The molecule has 122 valence electrons. The molecule has 5 heteroatoms. The number of ether oxygens (including phenoxy) is 2. The molecule has 0 unspecified atom stereocenters. The topological polar surface area (TPSA) is 53.4 Å². The largest absolute Gasteiger partial charge is 0.515 e. The summed E-state index contributed by atoms with van der Waals surface area (Å²) in [4.78, 5) is 12.0. The first-order chi connectivity index (χ1) is 11.6. The van der Waals surface area contributed by atoms with E-state index in [1.165, 1.54) is 0 Å². The second kappa shape index (κ2) is 7.00. The Bertz CT molecular complexity index is 827. The molecule has 3 rings (SSSR count). The molecule has 0 aliphatic rings. The van der Waals surface area contributed by atoms with E-state index >= 15 is 0 Å². The summed E-state index contributed by atoms with van der Waals surface area (Å²) in [6.07, 6.45) is -0.751. The van der Waals surface area contributed by atoms with Gasteiger partial charge in [0.25, 0.3) is 0 Å². The number of para-hydroxylation sites is 1. The number of benzene rings is 2. The Morgan fingerprint density at radius 2 is 1.62 bits per heavy atom. The molecule has 0 radical (unpaired) electrons. The van der Waals surface area contributed by atoms with Gasteiger partial charge in [-0.1, -0.05) is 48.5 Å². The summed E-state index contributed by atoms with van der Waals surface area (Å²) < 4.78 is 12.2. The van der Waals surface area contributed by atoms with Crippen LogP contribution in [0.15, 0.2) is 60.7 Å². The van der Waals surface area contributed by atoms with E-state index in [0.717, 1.165) is 22.5 Å². The number of aromatic nitrogens is 2. The van der Waals surface area contributed by atoms with Crippen LogP contribution in [-0.2, 0) is 11.3 Å². The van der Waals surface area contributed by atoms with Gasteiger partial charge < -0.3 is 9.47 Å². The molecule has 0 atom stereocenters. The summed E-state index contributed by atoms with van der Waals surface area (Å²) >= 11 is 0. The minimum atomic E-state index is -0.751. The molecule has 1 aromatic heterocycles. The average molecular weight is 322 g/mol. The van der Waals surface area contributed by atoms with Gasteiger partial charge in [0.1, 0.15) is 6.61 Å². The maximum Gasteiger partial charge on any atom is 0.515 e. The van der Waals surface area contributed by atoms with Gasteiger partial charge in [-0.15, -0.1) is 0 Å². The molecular weight excluding hydrogens is 304 g/mol. The molecule has 0 N–H and O–H groups in total. The first-order valence-corrected chi connectivity index (χ1v) is 7.65. The number of hydrogen-bond acceptors (Lipinski definition) is 4. The van der Waals surface area contributed by atoms with E-state index < -0.39 is 6.16 Å². The Morgan fingerprint density at radius 3 is 2.29 bits per heavy atom. The van der Waals surface area contributed by atoms with Crippen molar-refractivity contribution in [2.24, 2.45) is 0 Å². The Hall–Kier alpha value is -3.08. The maximum atomic E-state index is 12.0. The fourth-order valence-corrected chi connectivity index (χ4v) is 2.27. The minimum Gasteiger partial charge on any atom is -0.429 e. The van der Waals surface area contributed by atoms with Gasteiger partial charge in [0.05, 0.1) is 11.4 Å². The zero-order valence-electron chi connectivity index (χ0n) is 13.6. The molecule has 1 heterocycles. The molecule has 5 nitrogen and oxygen atoms in total. The standard InChI is InChI=1S/C19H18N2O3/c1-14-15(2)20-21(17-11-7-4-8-12-17)18(14)24-19(22)23-13-16-9-5-3-6-10-16/h3-12H,13H2,1-2H3. The third-order valence-electron chi connectivity index (χ3n) is 3.69. The lowest BCUT2D eigenvalue weighted by Crippen LogP contribution is -2.13. The lowest BCUT2D eigenvalue weighted by atomic mass is 10.2. The molecule has 0 aliphatic carbocycles. The average Bonchev–Trinajstić information content (AvgIpc) is 2.90. The second-order valence-electron chi connectivity index (χ2n) is 5.39. The summed E-state index contributed by atoms with van der Waals surface area (Å²) in [7, 11) is 0. The highest BCUT2D eigenvalue weighted by atomic mass is 16.7. The summed E-state index contributed by atoms with van der Waals surface area (Å²) in [5.41, 5.74) is 3.32. The van der Waals surface area contributed by atoms with Crippen LogP contribution in [0.1, 0.15) is 16.8 Å². The molecule has 0 fully saturated rings. The van der Waals surface area contributed by atoms with Crippen molar-refractivity contribution >= 4 is 6.16 Å². The number of hydrogen-bond donors (Lipinski definition) is 0. The number of rotatable bonds is 4. The van der Waals surface area contributed by atoms with Crippen LogP contribution in [0.25, 0.3) is 5.69 Å². The van der Waals surface area contributed by atoms with Gasteiger partial charge in [0.15, 0.2) is 0 Å². The monoisotopic (exact) mass is 322 g/mol. The van der Waals surface area contributed by atoms with E-state index in [-0.39, 0.29) is 6.61 Å². The van der Waals surface area contributed by atoms with E-state index in [2.05, 4.69) is 5.10 Å². The molecular formula is C19H18N2O3. The van der Waals surface area contributed by atoms with Gasteiger partial charge in [0.2, 0.25) is 5.88 Å². The van der Waals surface area contributed by atoms with Crippen molar-refractivity contribution in [1.29, 1.82) is 0 Å². The van der Waals surface area contributed by atoms with E-state index in [4.69, 9.17) is 9.47 Å². The summed E-state index contributed by atoms with van der Waals surface area (Å²) in [5, 5.41) is 4.44. The van der Waals surface area contributed by atoms with Crippen LogP contribution < -0.4 is 4.74 Å². The molecule has 0 saturated heterocycles. The molecule has 2 aromatic carbocycles. The van der Waals surface area contributed by atoms with Crippen LogP contribution in [0.3, 0.4) is 0 Å². The first-order valence-electron chi connectivity index (χ1n) is 7.65. The molecule has 0 aliphatic heterocycles. The lowest BCUT2D eigenvalue weighted by molar-refractivity contribution is 0.0900. The van der Waals surface area contributed by atoms with Gasteiger partial charge in [-0.3, -0.25) is 0 Å². The van der Waals surface area contributed by atoms with E-state index in [1.54, 1.807) is 4.68 Å². The van der Waals surface area contributed by atoms with Gasteiger partial charge in [-0.2, -0.15) is 5.10 Å². The highest BCUT2D eigenvalue weighted by molar-refractivity contribution is 5.64. The zero-order chi connectivity index (χ0) is 16.9. The molecule has 0 spiro atoms. The molecule has 0 saturated carbocycles. The Morgan fingerprint density at radius 1 is 1.00 bits per heavy atom. The van der Waals surface area contributed by atoms with Crippen LogP contribution in [-0.4, -0.2) is 15.9 Å². The smallest absolute Gasteiger partial charge is 0.429 e. The predicted octanol–water partition coefficient (Wildman–Crippen LogP) is 4.20. The normalized spacial score (nSPS) is 10.4. The highest BCUT2D eigenvalue weighted by Crippen LogP contribution is 2.25. The number of aryl methyl sites for hydroxylation is 1. The van der Waals surface area contributed by atoms with Crippen molar-refractivity contribution in [1.82, 2.24) is 9.78 Å². The Labute approximate surface area is 140 Å². The summed E-state index contributed by atoms with van der Waals surface area (Å²) in [5.74, 6) is 0.372. The van der Waals surface area contributed by atoms with Gasteiger partial charge in [0, 0.05) is 5.56 Å². The van der Waals surface area contributed by atoms with E-state index in [1.807, 2.05) is 74.5 Å². The molecule has 0 bridgehead atoms. The van der Waals surface area contributed by atoms with E-state index in [9.17, 15) is 4.79 Å². The minimum absolute atomic E-state index is 0.164. The predicted molar refractivity (Wildman–Crippen MR) is 90.3 cm³/mol. The summed E-state index contributed by atoms with van der Waals surface area (Å²) in [6.45, 7) is 3.90. The Balaban J connectivity index is 1.76. The third-order valence-corrected chi connectivity index (χ3v) is 3.69. The van der Waals surface area contributed by atoms with E-state index in [0.29, 0.717) is 5.88 Å². The third kappa shape index (κ3) is 3.46. The molecule has 0 amide bonds. The van der Waals surface area contributed by atoms with Crippen molar-refractivity contribution in [2.45, 2.75) is 20.5 Å². The zero-order valence-corrected chi connectivity index (χ0v) is 13.6. The van der Waals surface area contributed by atoms with Crippen molar-refractivity contribution in [3.63, 3.8) is 0 Å². The highest BCUT2D eigenvalue weighted by Gasteiger charge is 2.18. The fourth-order valence-electron chi connectivity index (χ4n) is 2.27. The number of carbonyl (C=O) groups excluding carboxylic acids is 1. The van der Waals surface area contributed by atoms with Crippen molar-refractivity contribution in [3.05, 3.63) is 77.5 Å². The van der Waals surface area contributed by atoms with Crippen molar-refractivity contribution < 1.29 is 14.3 Å². The van der Waals surface area contributed by atoms with Crippen LogP contribution in [0.4, 0.5) is 4.79 Å². The van der Waals surface area contributed by atoms with Gasteiger partial charge in [-0.05, 0) is 31.5 Å². The van der Waals surface area contributed by atoms with Crippen LogP contribution >= 0.6 is 0 Å². The van der Waals surface area contributed by atoms with Crippen molar-refractivity contribution in [2.75, 3.05) is 0 Å².